The number of nitrogens with zero attached hydrogens (tertiary/aromatic N) is 2. The van der Waals surface area contributed by atoms with Crippen LogP contribution in [0.5, 0.6) is 0 Å². The summed E-state index contributed by atoms with van der Waals surface area (Å²) in [7, 11) is 0. The Balaban J connectivity index is 1.47. The first-order valence-corrected chi connectivity index (χ1v) is 13.0. The van der Waals surface area contributed by atoms with E-state index in [-0.39, 0.29) is 30.4 Å². The maximum absolute atomic E-state index is 13.9. The molecule has 0 aliphatic carbocycles. The molecule has 4 aromatic rings. The molecule has 1 aliphatic heterocycles. The van der Waals surface area contributed by atoms with E-state index in [0.29, 0.717) is 12.1 Å². The molecule has 0 spiro atoms. The van der Waals surface area contributed by atoms with Gasteiger partial charge in [0.05, 0.1) is 6.04 Å². The van der Waals surface area contributed by atoms with Gasteiger partial charge in [0, 0.05) is 23.0 Å². The predicted octanol–water partition coefficient (Wildman–Crippen LogP) is 6.23. The number of aryl methyl sites for hydroxylation is 1. The molecule has 0 bridgehead atoms. The molecule has 1 aromatic heterocycles. The minimum Gasteiger partial charge on any atom is -0.330 e. The van der Waals surface area contributed by atoms with Crippen molar-refractivity contribution in [1.29, 1.82) is 0 Å². The van der Waals surface area contributed by atoms with Gasteiger partial charge < -0.3 is 9.80 Å². The lowest BCUT2D eigenvalue weighted by Crippen LogP contribution is -2.48. The lowest BCUT2D eigenvalue weighted by atomic mass is 9.90. The summed E-state index contributed by atoms with van der Waals surface area (Å²) in [5.74, 6) is -0.122. The molecule has 0 fully saturated rings. The van der Waals surface area contributed by atoms with Gasteiger partial charge >= 0.3 is 0 Å². The number of benzene rings is 3. The number of amides is 2. The lowest BCUT2D eigenvalue weighted by Gasteiger charge is -2.38. The molecule has 0 radical (unpaired) electrons. The highest BCUT2D eigenvalue weighted by atomic mass is 32.1. The first kappa shape index (κ1) is 23.3. The van der Waals surface area contributed by atoms with Gasteiger partial charge in [-0.25, -0.2) is 0 Å². The van der Waals surface area contributed by atoms with E-state index in [4.69, 9.17) is 0 Å². The second-order valence-electron chi connectivity index (χ2n) is 9.45. The number of fused-ring (bicyclic) bond motifs is 2. The van der Waals surface area contributed by atoms with E-state index in [0.717, 1.165) is 22.8 Å². The molecule has 5 rings (SSSR count). The van der Waals surface area contributed by atoms with E-state index in [2.05, 4.69) is 30.5 Å². The fourth-order valence-corrected chi connectivity index (χ4v) is 6.01. The van der Waals surface area contributed by atoms with Crippen LogP contribution in [0, 0.1) is 6.92 Å². The number of hydrogen-bond donors (Lipinski definition) is 0. The zero-order chi connectivity index (χ0) is 24.5. The largest absolute Gasteiger partial charge is 0.330 e. The van der Waals surface area contributed by atoms with E-state index >= 15 is 0 Å². The molecule has 0 N–H and O–H groups in total. The molecule has 0 unspecified atom stereocenters. The summed E-state index contributed by atoms with van der Waals surface area (Å²) in [6.07, 6.45) is 0.847. The molecule has 3 aromatic carbocycles. The van der Waals surface area contributed by atoms with Crippen LogP contribution in [0.15, 0.2) is 78.2 Å². The van der Waals surface area contributed by atoms with Gasteiger partial charge in [-0.3, -0.25) is 9.59 Å². The van der Waals surface area contributed by atoms with E-state index in [9.17, 15) is 9.59 Å². The first-order chi connectivity index (χ1) is 17.0. The minimum absolute atomic E-state index is 0.0163. The highest BCUT2D eigenvalue weighted by Crippen LogP contribution is 2.39. The van der Waals surface area contributed by atoms with Gasteiger partial charge in [-0.1, -0.05) is 60.7 Å². The average Bonchev–Trinajstić information content (AvgIpc) is 3.35. The van der Waals surface area contributed by atoms with Crippen LogP contribution < -0.4 is 0 Å². The SMILES string of the molecule is Cc1ccccc1[C@H]1c2ccsc2CCN1C(=O)CN(C(=O)c1cccc2ccccc12)C(C)C. The Kier molecular flexibility index (Phi) is 6.44. The number of thiophene rings is 1. The van der Waals surface area contributed by atoms with E-state index in [1.54, 1.807) is 16.2 Å². The average molecular weight is 483 g/mol. The summed E-state index contributed by atoms with van der Waals surface area (Å²) < 4.78 is 0. The Morgan fingerprint density at radius 1 is 0.971 bits per heavy atom. The third-order valence-corrected chi connectivity index (χ3v) is 7.98. The van der Waals surface area contributed by atoms with Crippen molar-refractivity contribution in [3.05, 3.63) is 105 Å². The third kappa shape index (κ3) is 4.37. The van der Waals surface area contributed by atoms with Gasteiger partial charge in [-0.2, -0.15) is 0 Å². The van der Waals surface area contributed by atoms with Crippen molar-refractivity contribution in [3.63, 3.8) is 0 Å². The molecular weight excluding hydrogens is 452 g/mol. The standard InChI is InChI=1S/C30H30N2O2S/c1-20(2)32(30(34)25-14-8-11-22-10-5-7-13-24(22)25)19-28(33)31-17-15-27-26(16-18-35-27)29(31)23-12-6-4-9-21(23)3/h4-14,16,18,20,29H,15,17,19H2,1-3H3/t29-/m0/s1. The van der Waals surface area contributed by atoms with Crippen LogP contribution >= 0.6 is 11.3 Å². The fraction of sp³-hybridized carbons (Fsp3) is 0.267. The van der Waals surface area contributed by atoms with Gasteiger partial charge in [0.1, 0.15) is 6.54 Å². The van der Waals surface area contributed by atoms with Crippen LogP contribution in [0.4, 0.5) is 0 Å². The van der Waals surface area contributed by atoms with Crippen LogP contribution in [0.1, 0.15) is 51.8 Å². The van der Waals surface area contributed by atoms with Crippen molar-refractivity contribution in [2.24, 2.45) is 0 Å². The van der Waals surface area contributed by atoms with Crippen LogP contribution in [0.25, 0.3) is 10.8 Å². The lowest BCUT2D eigenvalue weighted by molar-refractivity contribution is -0.134. The van der Waals surface area contributed by atoms with Crippen molar-refractivity contribution in [1.82, 2.24) is 9.80 Å². The van der Waals surface area contributed by atoms with Gasteiger partial charge in [0.25, 0.3) is 5.91 Å². The van der Waals surface area contributed by atoms with Crippen LogP contribution in [0.3, 0.4) is 0 Å². The number of hydrogen-bond acceptors (Lipinski definition) is 3. The van der Waals surface area contributed by atoms with E-state index in [1.807, 2.05) is 73.3 Å². The molecule has 5 heteroatoms. The Hall–Kier alpha value is -3.44. The fourth-order valence-electron chi connectivity index (χ4n) is 5.11. The van der Waals surface area contributed by atoms with Gasteiger partial charge in [-0.15, -0.1) is 11.3 Å². The summed E-state index contributed by atoms with van der Waals surface area (Å²) in [4.78, 5) is 32.6. The van der Waals surface area contributed by atoms with Crippen molar-refractivity contribution < 1.29 is 9.59 Å². The topological polar surface area (TPSA) is 40.6 Å². The Morgan fingerprint density at radius 3 is 2.51 bits per heavy atom. The summed E-state index contributed by atoms with van der Waals surface area (Å²) in [6.45, 7) is 6.76. The number of rotatable bonds is 5. The van der Waals surface area contributed by atoms with E-state index in [1.165, 1.54) is 16.0 Å². The Labute approximate surface area is 210 Å². The summed E-state index contributed by atoms with van der Waals surface area (Å²) in [5, 5.41) is 4.06. The second-order valence-corrected chi connectivity index (χ2v) is 10.4. The molecule has 4 nitrogen and oxygen atoms in total. The zero-order valence-electron chi connectivity index (χ0n) is 20.4. The Bertz CT molecular complexity index is 1380. The van der Waals surface area contributed by atoms with Gasteiger partial charge in [0.15, 0.2) is 0 Å². The normalized spacial score (nSPS) is 15.3. The summed E-state index contributed by atoms with van der Waals surface area (Å²) in [5.41, 5.74) is 4.16. The Morgan fingerprint density at radius 2 is 1.71 bits per heavy atom. The van der Waals surface area contributed by atoms with Crippen molar-refractivity contribution in [2.45, 2.75) is 39.3 Å². The minimum atomic E-state index is -0.125. The van der Waals surface area contributed by atoms with Crippen molar-refractivity contribution >= 4 is 33.9 Å². The van der Waals surface area contributed by atoms with Crippen molar-refractivity contribution in [2.75, 3.05) is 13.1 Å². The second kappa shape index (κ2) is 9.67. The first-order valence-electron chi connectivity index (χ1n) is 12.2. The monoisotopic (exact) mass is 482 g/mol. The zero-order valence-corrected chi connectivity index (χ0v) is 21.2. The molecule has 0 saturated heterocycles. The maximum Gasteiger partial charge on any atom is 0.255 e. The van der Waals surface area contributed by atoms with Crippen LogP contribution in [-0.4, -0.2) is 40.7 Å². The van der Waals surface area contributed by atoms with Gasteiger partial charge in [0.2, 0.25) is 5.91 Å². The van der Waals surface area contributed by atoms with Crippen molar-refractivity contribution in [3.8, 4) is 0 Å². The summed E-state index contributed by atoms with van der Waals surface area (Å²) in [6, 6.07) is 23.9. The van der Waals surface area contributed by atoms with Gasteiger partial charge in [-0.05, 0) is 72.2 Å². The quantitative estimate of drug-likeness (QED) is 0.338. The highest BCUT2D eigenvalue weighted by molar-refractivity contribution is 7.10. The molecule has 2 amide bonds. The molecule has 1 atom stereocenters. The number of carbonyl (C=O) groups excluding carboxylic acids is 2. The maximum atomic E-state index is 13.9. The summed E-state index contributed by atoms with van der Waals surface area (Å²) >= 11 is 1.76. The molecule has 35 heavy (non-hydrogen) atoms. The third-order valence-electron chi connectivity index (χ3n) is 6.98. The smallest absolute Gasteiger partial charge is 0.255 e. The molecule has 0 saturated carbocycles. The van der Waals surface area contributed by atoms with Crippen LogP contribution in [-0.2, 0) is 11.2 Å². The molecular formula is C30H30N2O2S. The molecule has 2 heterocycles. The van der Waals surface area contributed by atoms with Crippen LogP contribution in [0.2, 0.25) is 0 Å². The highest BCUT2D eigenvalue weighted by Gasteiger charge is 2.35. The predicted molar refractivity (Wildman–Crippen MR) is 143 cm³/mol. The molecule has 1 aliphatic rings. The molecule has 178 valence electrons. The number of carbonyl (C=O) groups is 2. The van der Waals surface area contributed by atoms with E-state index < -0.39 is 0 Å².